The van der Waals surface area contributed by atoms with Crippen LogP contribution < -0.4 is 14.4 Å². The summed E-state index contributed by atoms with van der Waals surface area (Å²) in [6.45, 7) is 4.08. The van der Waals surface area contributed by atoms with Crippen molar-refractivity contribution < 1.29 is 22.3 Å². The number of nitrogens with zero attached hydrogens (tertiary/aromatic N) is 1. The Morgan fingerprint density at radius 1 is 1.22 bits per heavy atom. The standard InChI is InChI=1S/C19H23FN2O4S/c1-4-26-18-10-5-7-15(11-18)13-21-19(23)14(2)22(27(3,24)25)17-9-6-8-16(20)12-17/h5-12,14H,4,13H2,1-3H3,(H,21,23)/t14-/m1/s1. The van der Waals surface area contributed by atoms with Crippen molar-refractivity contribution in [2.75, 3.05) is 17.2 Å². The highest BCUT2D eigenvalue weighted by Gasteiger charge is 2.29. The molecule has 6 nitrogen and oxygen atoms in total. The summed E-state index contributed by atoms with van der Waals surface area (Å²) < 4.78 is 44.2. The first-order chi connectivity index (χ1) is 12.7. The van der Waals surface area contributed by atoms with E-state index in [1.165, 1.54) is 25.1 Å². The number of anilines is 1. The molecule has 0 aliphatic carbocycles. The summed E-state index contributed by atoms with van der Waals surface area (Å²) in [5, 5.41) is 2.71. The van der Waals surface area contributed by atoms with Crippen LogP contribution in [-0.4, -0.2) is 33.2 Å². The molecule has 2 aromatic carbocycles. The topological polar surface area (TPSA) is 75.7 Å². The van der Waals surface area contributed by atoms with Crippen LogP contribution in [0.5, 0.6) is 5.75 Å². The molecule has 0 radical (unpaired) electrons. The van der Waals surface area contributed by atoms with Crippen molar-refractivity contribution in [1.29, 1.82) is 0 Å². The number of amides is 1. The van der Waals surface area contributed by atoms with Gasteiger partial charge in [0, 0.05) is 6.54 Å². The molecule has 0 bridgehead atoms. The van der Waals surface area contributed by atoms with Gasteiger partial charge in [0.15, 0.2) is 0 Å². The number of carbonyl (C=O) groups is 1. The zero-order chi connectivity index (χ0) is 20.0. The molecule has 0 heterocycles. The van der Waals surface area contributed by atoms with E-state index in [1.807, 2.05) is 25.1 Å². The lowest BCUT2D eigenvalue weighted by molar-refractivity contribution is -0.122. The summed E-state index contributed by atoms with van der Waals surface area (Å²) in [7, 11) is -3.79. The van der Waals surface area contributed by atoms with Crippen molar-refractivity contribution in [2.45, 2.75) is 26.4 Å². The van der Waals surface area contributed by atoms with Crippen molar-refractivity contribution in [2.24, 2.45) is 0 Å². The first-order valence-electron chi connectivity index (χ1n) is 8.46. The molecule has 0 aliphatic heterocycles. The maximum Gasteiger partial charge on any atom is 0.243 e. The number of hydrogen-bond donors (Lipinski definition) is 1. The second kappa shape index (κ2) is 8.85. The van der Waals surface area contributed by atoms with E-state index in [0.717, 1.165) is 22.2 Å². The van der Waals surface area contributed by atoms with Gasteiger partial charge in [-0.15, -0.1) is 0 Å². The quantitative estimate of drug-likeness (QED) is 0.747. The number of ether oxygens (including phenoxy) is 1. The predicted molar refractivity (Wildman–Crippen MR) is 103 cm³/mol. The molecule has 146 valence electrons. The number of carbonyl (C=O) groups excluding carboxylic acids is 1. The van der Waals surface area contributed by atoms with Gasteiger partial charge in [0.2, 0.25) is 15.9 Å². The van der Waals surface area contributed by atoms with Crippen molar-refractivity contribution in [3.05, 3.63) is 59.9 Å². The van der Waals surface area contributed by atoms with E-state index in [9.17, 15) is 17.6 Å². The highest BCUT2D eigenvalue weighted by atomic mass is 32.2. The molecule has 0 saturated heterocycles. The highest BCUT2D eigenvalue weighted by Crippen LogP contribution is 2.22. The van der Waals surface area contributed by atoms with Gasteiger partial charge >= 0.3 is 0 Å². The van der Waals surface area contributed by atoms with Crippen molar-refractivity contribution in [1.82, 2.24) is 5.32 Å². The lowest BCUT2D eigenvalue weighted by Crippen LogP contribution is -2.47. The van der Waals surface area contributed by atoms with Gasteiger partial charge < -0.3 is 10.1 Å². The third-order valence-corrected chi connectivity index (χ3v) is 5.07. The minimum absolute atomic E-state index is 0.0958. The largest absolute Gasteiger partial charge is 0.494 e. The van der Waals surface area contributed by atoms with Gasteiger partial charge in [0.25, 0.3) is 0 Å². The Labute approximate surface area is 159 Å². The first kappa shape index (κ1) is 20.7. The fourth-order valence-electron chi connectivity index (χ4n) is 2.67. The van der Waals surface area contributed by atoms with Crippen LogP contribution >= 0.6 is 0 Å². The van der Waals surface area contributed by atoms with E-state index in [0.29, 0.717) is 12.4 Å². The van der Waals surface area contributed by atoms with E-state index >= 15 is 0 Å². The Hall–Kier alpha value is -2.61. The monoisotopic (exact) mass is 394 g/mol. The predicted octanol–water partition coefficient (Wildman–Crippen LogP) is 2.70. The second-order valence-corrected chi connectivity index (χ2v) is 7.87. The molecule has 0 spiro atoms. The lowest BCUT2D eigenvalue weighted by atomic mass is 10.2. The van der Waals surface area contributed by atoms with Gasteiger partial charge in [-0.1, -0.05) is 18.2 Å². The summed E-state index contributed by atoms with van der Waals surface area (Å²) in [4.78, 5) is 12.5. The van der Waals surface area contributed by atoms with Crippen LogP contribution in [0.4, 0.5) is 10.1 Å². The molecule has 0 aromatic heterocycles. The third kappa shape index (κ3) is 5.68. The number of sulfonamides is 1. The van der Waals surface area contributed by atoms with Gasteiger partial charge in [-0.2, -0.15) is 0 Å². The smallest absolute Gasteiger partial charge is 0.243 e. The zero-order valence-electron chi connectivity index (χ0n) is 15.5. The van der Waals surface area contributed by atoms with E-state index < -0.39 is 27.8 Å². The first-order valence-corrected chi connectivity index (χ1v) is 10.3. The molecular weight excluding hydrogens is 371 g/mol. The minimum atomic E-state index is -3.79. The van der Waals surface area contributed by atoms with Gasteiger partial charge in [-0.25, -0.2) is 12.8 Å². The second-order valence-electron chi connectivity index (χ2n) is 6.01. The normalized spacial score (nSPS) is 12.3. The van der Waals surface area contributed by atoms with E-state index in [2.05, 4.69) is 5.32 Å². The molecule has 8 heteroatoms. The molecule has 0 unspecified atom stereocenters. The average Bonchev–Trinajstić information content (AvgIpc) is 2.59. The number of rotatable bonds is 8. The summed E-state index contributed by atoms with van der Waals surface area (Å²) in [6, 6.07) is 11.3. The average molecular weight is 394 g/mol. The maximum atomic E-state index is 13.5. The molecular formula is C19H23FN2O4S. The molecule has 1 atom stereocenters. The van der Waals surface area contributed by atoms with Gasteiger partial charge in [0.05, 0.1) is 18.6 Å². The summed E-state index contributed by atoms with van der Waals surface area (Å²) in [5.74, 6) is -0.386. The van der Waals surface area contributed by atoms with E-state index in [1.54, 1.807) is 6.07 Å². The van der Waals surface area contributed by atoms with Crippen molar-refractivity contribution >= 4 is 21.6 Å². The van der Waals surface area contributed by atoms with Crippen LogP contribution in [0.2, 0.25) is 0 Å². The Morgan fingerprint density at radius 3 is 2.56 bits per heavy atom. The van der Waals surface area contributed by atoms with Crippen LogP contribution in [0, 0.1) is 5.82 Å². The molecule has 2 aromatic rings. The number of halogens is 1. The third-order valence-electron chi connectivity index (χ3n) is 3.83. The lowest BCUT2D eigenvalue weighted by Gasteiger charge is -2.28. The molecule has 0 saturated carbocycles. The van der Waals surface area contributed by atoms with Crippen LogP contribution in [0.3, 0.4) is 0 Å². The number of hydrogen-bond acceptors (Lipinski definition) is 4. The number of benzene rings is 2. The summed E-state index contributed by atoms with van der Waals surface area (Å²) >= 11 is 0. The fourth-order valence-corrected chi connectivity index (χ4v) is 3.84. The summed E-state index contributed by atoms with van der Waals surface area (Å²) in [5.41, 5.74) is 0.914. The Kier molecular flexibility index (Phi) is 6.79. The van der Waals surface area contributed by atoms with Crippen molar-refractivity contribution in [3.8, 4) is 5.75 Å². The fraction of sp³-hybridized carbons (Fsp3) is 0.316. The zero-order valence-corrected chi connectivity index (χ0v) is 16.3. The molecule has 2 rings (SSSR count). The van der Waals surface area contributed by atoms with Crippen molar-refractivity contribution in [3.63, 3.8) is 0 Å². The Morgan fingerprint density at radius 2 is 1.93 bits per heavy atom. The Bertz CT molecular complexity index is 902. The van der Waals surface area contributed by atoms with Crippen LogP contribution in [0.25, 0.3) is 0 Å². The number of nitrogens with one attached hydrogen (secondary N) is 1. The molecule has 0 fully saturated rings. The molecule has 1 amide bonds. The molecule has 27 heavy (non-hydrogen) atoms. The van der Waals surface area contributed by atoms with Crippen LogP contribution in [0.15, 0.2) is 48.5 Å². The maximum absolute atomic E-state index is 13.5. The summed E-state index contributed by atoms with van der Waals surface area (Å²) in [6.07, 6.45) is 0.979. The van der Waals surface area contributed by atoms with Crippen LogP contribution in [-0.2, 0) is 21.4 Å². The molecule has 1 N–H and O–H groups in total. The van der Waals surface area contributed by atoms with E-state index in [-0.39, 0.29) is 12.2 Å². The highest BCUT2D eigenvalue weighted by molar-refractivity contribution is 7.92. The van der Waals surface area contributed by atoms with Gasteiger partial charge in [-0.3, -0.25) is 9.10 Å². The van der Waals surface area contributed by atoms with E-state index in [4.69, 9.17) is 4.74 Å². The minimum Gasteiger partial charge on any atom is -0.494 e. The van der Waals surface area contributed by atoms with Crippen LogP contribution in [0.1, 0.15) is 19.4 Å². The Balaban J connectivity index is 2.14. The molecule has 0 aliphatic rings. The van der Waals surface area contributed by atoms with Gasteiger partial charge in [0.1, 0.15) is 17.6 Å². The van der Waals surface area contributed by atoms with Gasteiger partial charge in [-0.05, 0) is 49.7 Å². The SMILES string of the molecule is CCOc1cccc(CNC(=O)[C@@H](C)N(c2cccc(F)c2)S(C)(=O)=O)c1.